The average molecular weight is 327 g/mol. The molecule has 106 valence electrons. The fourth-order valence-corrected chi connectivity index (χ4v) is 3.09. The first-order valence-electron chi connectivity index (χ1n) is 6.77. The number of anilines is 1. The number of likely N-dealkylation sites (tertiary alicyclic amines) is 1. The molecule has 0 aliphatic carbocycles. The van der Waals surface area contributed by atoms with Crippen molar-refractivity contribution in [1.82, 2.24) is 15.1 Å². The topological polar surface area (TPSA) is 32.3 Å². The van der Waals surface area contributed by atoms with E-state index in [9.17, 15) is 0 Å². The molecule has 1 aliphatic rings. The molecule has 2 unspecified atom stereocenters. The van der Waals surface area contributed by atoms with E-state index in [4.69, 9.17) is 0 Å². The molecule has 1 fully saturated rings. The van der Waals surface area contributed by atoms with Crippen LogP contribution in [0.3, 0.4) is 0 Å². The van der Waals surface area contributed by atoms with Crippen LogP contribution in [0.2, 0.25) is 0 Å². The predicted octanol–water partition coefficient (Wildman–Crippen LogP) is 2.79. The van der Waals surface area contributed by atoms with Crippen LogP contribution < -0.4 is 4.90 Å². The van der Waals surface area contributed by atoms with Gasteiger partial charge in [0.25, 0.3) is 0 Å². The Morgan fingerprint density at radius 3 is 2.63 bits per heavy atom. The molecule has 0 N–H and O–H groups in total. The summed E-state index contributed by atoms with van der Waals surface area (Å²) in [4.78, 5) is 4.73. The van der Waals surface area contributed by atoms with E-state index < -0.39 is 0 Å². The van der Waals surface area contributed by atoms with Crippen LogP contribution in [0.5, 0.6) is 0 Å². The van der Waals surface area contributed by atoms with E-state index in [-0.39, 0.29) is 5.54 Å². The Kier molecular flexibility index (Phi) is 4.16. The van der Waals surface area contributed by atoms with Crippen LogP contribution >= 0.6 is 15.9 Å². The highest BCUT2D eigenvalue weighted by molar-refractivity contribution is 9.10. The van der Waals surface area contributed by atoms with Crippen molar-refractivity contribution in [2.75, 3.05) is 25.5 Å². The molecule has 4 nitrogen and oxygen atoms in total. The Morgan fingerprint density at radius 1 is 1.37 bits per heavy atom. The van der Waals surface area contributed by atoms with Crippen LogP contribution in [0.25, 0.3) is 0 Å². The van der Waals surface area contributed by atoms with Gasteiger partial charge in [-0.25, -0.2) is 0 Å². The third-order valence-electron chi connectivity index (χ3n) is 4.91. The lowest BCUT2D eigenvalue weighted by Crippen LogP contribution is -2.59. The summed E-state index contributed by atoms with van der Waals surface area (Å²) in [6, 6.07) is 4.47. The number of nitrogens with zero attached hydrogens (tertiary/aromatic N) is 4. The molecule has 0 aromatic carbocycles. The van der Waals surface area contributed by atoms with Crippen molar-refractivity contribution in [2.45, 2.75) is 38.8 Å². The number of aromatic nitrogens is 2. The zero-order valence-corrected chi connectivity index (χ0v) is 14.0. The molecule has 2 heterocycles. The van der Waals surface area contributed by atoms with Crippen molar-refractivity contribution in [1.29, 1.82) is 0 Å². The second-order valence-corrected chi connectivity index (χ2v) is 6.86. The van der Waals surface area contributed by atoms with Crippen molar-refractivity contribution in [3.05, 3.63) is 16.7 Å². The van der Waals surface area contributed by atoms with Gasteiger partial charge in [0.05, 0.1) is 0 Å². The second kappa shape index (κ2) is 5.37. The summed E-state index contributed by atoms with van der Waals surface area (Å²) in [5.74, 6) is 1.52. The lowest BCUT2D eigenvalue weighted by atomic mass is 9.77. The maximum absolute atomic E-state index is 4.27. The zero-order chi connectivity index (χ0) is 14.2. The molecule has 0 bridgehead atoms. The van der Waals surface area contributed by atoms with E-state index >= 15 is 0 Å². The highest BCUT2D eigenvalue weighted by Crippen LogP contribution is 2.35. The first kappa shape index (κ1) is 14.7. The molecule has 1 aliphatic heterocycles. The lowest BCUT2D eigenvalue weighted by Gasteiger charge is -2.51. The fraction of sp³-hybridized carbons (Fsp3) is 0.714. The van der Waals surface area contributed by atoms with E-state index in [0.717, 1.165) is 23.4 Å². The highest BCUT2D eigenvalue weighted by Gasteiger charge is 2.41. The summed E-state index contributed by atoms with van der Waals surface area (Å²) >= 11 is 3.33. The SMILES string of the molecule is CC1C(N(C)c2ccc(Br)nn2)CCN(C)C1(C)C. The maximum Gasteiger partial charge on any atom is 0.151 e. The Hall–Kier alpha value is -0.680. The molecule has 0 amide bonds. The Bertz CT molecular complexity index is 432. The van der Waals surface area contributed by atoms with Gasteiger partial charge in [0.15, 0.2) is 5.82 Å². The minimum absolute atomic E-state index is 0.208. The molecule has 0 saturated carbocycles. The molecule has 2 atom stereocenters. The fourth-order valence-electron chi connectivity index (χ4n) is 2.88. The number of rotatable bonds is 2. The van der Waals surface area contributed by atoms with Crippen molar-refractivity contribution in [2.24, 2.45) is 5.92 Å². The third-order valence-corrected chi connectivity index (χ3v) is 5.34. The molecule has 19 heavy (non-hydrogen) atoms. The number of piperidine rings is 1. The Labute approximate surface area is 124 Å². The van der Waals surface area contributed by atoms with Crippen LogP contribution in [0.1, 0.15) is 27.2 Å². The molecule has 1 saturated heterocycles. The van der Waals surface area contributed by atoms with Crippen molar-refractivity contribution in [3.63, 3.8) is 0 Å². The Morgan fingerprint density at radius 2 is 2.05 bits per heavy atom. The van der Waals surface area contributed by atoms with Crippen LogP contribution in [-0.2, 0) is 0 Å². The van der Waals surface area contributed by atoms with Gasteiger partial charge in [-0.3, -0.25) is 0 Å². The number of hydrogen-bond donors (Lipinski definition) is 0. The molecule has 0 radical (unpaired) electrons. The van der Waals surface area contributed by atoms with E-state index in [2.05, 4.69) is 70.8 Å². The predicted molar refractivity (Wildman–Crippen MR) is 82.4 cm³/mol. The van der Waals surface area contributed by atoms with Gasteiger partial charge in [-0.15, -0.1) is 10.2 Å². The van der Waals surface area contributed by atoms with E-state index in [1.54, 1.807) is 0 Å². The summed E-state index contributed by atoms with van der Waals surface area (Å²) < 4.78 is 0.779. The minimum Gasteiger partial charge on any atom is -0.355 e. The van der Waals surface area contributed by atoms with Crippen molar-refractivity contribution in [3.8, 4) is 0 Å². The van der Waals surface area contributed by atoms with Gasteiger partial charge in [-0.05, 0) is 61.3 Å². The summed E-state index contributed by atoms with van der Waals surface area (Å²) in [5, 5.41) is 8.36. The smallest absolute Gasteiger partial charge is 0.151 e. The monoisotopic (exact) mass is 326 g/mol. The second-order valence-electron chi connectivity index (χ2n) is 6.05. The van der Waals surface area contributed by atoms with Crippen LogP contribution in [0.4, 0.5) is 5.82 Å². The molecule has 1 aromatic heterocycles. The summed E-state index contributed by atoms with van der Waals surface area (Å²) in [7, 11) is 4.34. The van der Waals surface area contributed by atoms with Crippen LogP contribution in [-0.4, -0.2) is 47.3 Å². The molecule has 2 rings (SSSR count). The summed E-state index contributed by atoms with van der Waals surface area (Å²) in [5.41, 5.74) is 0.208. The van der Waals surface area contributed by atoms with E-state index in [1.165, 1.54) is 0 Å². The van der Waals surface area contributed by atoms with E-state index in [0.29, 0.717) is 12.0 Å². The van der Waals surface area contributed by atoms with Gasteiger partial charge >= 0.3 is 0 Å². The number of hydrogen-bond acceptors (Lipinski definition) is 4. The summed E-state index contributed by atoms with van der Waals surface area (Å²) in [6.45, 7) is 8.11. The maximum atomic E-state index is 4.27. The normalized spacial score (nSPS) is 27.3. The molecule has 1 aromatic rings. The molecule has 0 spiro atoms. The number of halogens is 1. The lowest BCUT2D eigenvalue weighted by molar-refractivity contribution is 0.0391. The van der Waals surface area contributed by atoms with Crippen molar-refractivity contribution >= 4 is 21.7 Å². The van der Waals surface area contributed by atoms with Gasteiger partial charge in [0, 0.05) is 25.2 Å². The molecule has 5 heteroatoms. The van der Waals surface area contributed by atoms with Gasteiger partial charge in [0.2, 0.25) is 0 Å². The van der Waals surface area contributed by atoms with Crippen LogP contribution in [0, 0.1) is 5.92 Å². The molecular weight excluding hydrogens is 304 g/mol. The minimum atomic E-state index is 0.208. The van der Waals surface area contributed by atoms with Gasteiger partial charge in [0.1, 0.15) is 4.60 Å². The van der Waals surface area contributed by atoms with Crippen molar-refractivity contribution < 1.29 is 0 Å². The quantitative estimate of drug-likeness (QED) is 0.836. The first-order chi connectivity index (χ1) is 8.84. The Balaban J connectivity index is 2.19. The van der Waals surface area contributed by atoms with Gasteiger partial charge < -0.3 is 9.80 Å². The van der Waals surface area contributed by atoms with Crippen LogP contribution in [0.15, 0.2) is 16.7 Å². The third kappa shape index (κ3) is 2.77. The van der Waals surface area contributed by atoms with Gasteiger partial charge in [-0.2, -0.15) is 0 Å². The highest BCUT2D eigenvalue weighted by atomic mass is 79.9. The van der Waals surface area contributed by atoms with Gasteiger partial charge in [-0.1, -0.05) is 6.92 Å². The molecular formula is C14H23BrN4. The zero-order valence-electron chi connectivity index (χ0n) is 12.4. The first-order valence-corrected chi connectivity index (χ1v) is 7.56. The standard InChI is InChI=1S/C14H23BrN4/c1-10-11(8-9-18(4)14(10,2)3)19(5)13-7-6-12(15)16-17-13/h6-7,10-11H,8-9H2,1-5H3. The van der Waals surface area contributed by atoms with E-state index in [1.807, 2.05) is 12.1 Å². The largest absolute Gasteiger partial charge is 0.355 e. The summed E-state index contributed by atoms with van der Waals surface area (Å²) in [6.07, 6.45) is 1.16. The average Bonchev–Trinajstić information content (AvgIpc) is 2.37.